The number of urea groups is 1. The van der Waals surface area contributed by atoms with Crippen molar-refractivity contribution in [3.63, 3.8) is 0 Å². The fourth-order valence-electron chi connectivity index (χ4n) is 4.51. The van der Waals surface area contributed by atoms with Gasteiger partial charge in [-0.3, -0.25) is 30.2 Å². The van der Waals surface area contributed by atoms with E-state index in [-0.39, 0.29) is 25.2 Å². The Hall–Kier alpha value is -3.34. The molecule has 0 spiro atoms. The number of likely N-dealkylation sites (tertiary alicyclic amines) is 1. The van der Waals surface area contributed by atoms with E-state index in [1.54, 1.807) is 0 Å². The first-order chi connectivity index (χ1) is 15.5. The Morgan fingerprint density at radius 1 is 1.00 bits per heavy atom. The molecule has 4 rings (SSSR count). The Bertz CT molecular complexity index is 881. The number of carbonyl (C=O) groups is 4. The highest BCUT2D eigenvalue weighted by Gasteiger charge is 2.48. The lowest BCUT2D eigenvalue weighted by Crippen LogP contribution is -2.58. The first kappa shape index (κ1) is 21.9. The summed E-state index contributed by atoms with van der Waals surface area (Å²) >= 11 is 0. The van der Waals surface area contributed by atoms with E-state index in [9.17, 15) is 24.3 Å². The molecular weight excluding hydrogens is 418 g/mol. The average Bonchev–Trinajstić information content (AvgIpc) is 3.05. The molecule has 2 bridgehead atoms. The second-order valence-electron chi connectivity index (χ2n) is 8.23. The van der Waals surface area contributed by atoms with Crippen LogP contribution in [0.15, 0.2) is 30.3 Å². The molecule has 3 N–H and O–H groups in total. The van der Waals surface area contributed by atoms with Crippen LogP contribution < -0.4 is 10.9 Å². The summed E-state index contributed by atoms with van der Waals surface area (Å²) in [6, 6.07) is 7.43. The SMILES string of the molecule is O=C(NNC(=O)[C@@H]1CC[C@@H]2CN1C(=O)N2OCc1ccccc1)[C@H]1CCCCN1C(=O)O. The molecule has 3 saturated heterocycles. The van der Waals surface area contributed by atoms with Gasteiger partial charge in [-0.05, 0) is 37.7 Å². The monoisotopic (exact) mass is 445 g/mol. The third-order valence-corrected chi connectivity index (χ3v) is 6.20. The topological polar surface area (TPSA) is 132 Å². The molecule has 11 nitrogen and oxygen atoms in total. The number of hydrogen-bond acceptors (Lipinski definition) is 5. The lowest BCUT2D eigenvalue weighted by Gasteiger charge is -2.33. The van der Waals surface area contributed by atoms with Crippen molar-refractivity contribution in [1.82, 2.24) is 25.7 Å². The van der Waals surface area contributed by atoms with Gasteiger partial charge in [0.25, 0.3) is 11.8 Å². The highest BCUT2D eigenvalue weighted by Crippen LogP contribution is 2.30. The molecule has 1 aromatic rings. The van der Waals surface area contributed by atoms with E-state index in [1.807, 2.05) is 30.3 Å². The number of carbonyl (C=O) groups excluding carboxylic acids is 3. The Morgan fingerprint density at radius 3 is 2.44 bits per heavy atom. The molecule has 0 aliphatic carbocycles. The number of hydrogen-bond donors (Lipinski definition) is 3. The van der Waals surface area contributed by atoms with Crippen LogP contribution >= 0.6 is 0 Å². The van der Waals surface area contributed by atoms with Crippen LogP contribution in [0.4, 0.5) is 9.59 Å². The Kier molecular flexibility index (Phi) is 6.45. The zero-order chi connectivity index (χ0) is 22.7. The first-order valence-electron chi connectivity index (χ1n) is 10.8. The summed E-state index contributed by atoms with van der Waals surface area (Å²) in [7, 11) is 0. The molecule has 3 atom stereocenters. The van der Waals surface area contributed by atoms with Gasteiger partial charge in [0.2, 0.25) is 0 Å². The second-order valence-corrected chi connectivity index (χ2v) is 8.23. The smallest absolute Gasteiger partial charge is 0.407 e. The maximum Gasteiger partial charge on any atom is 0.407 e. The van der Waals surface area contributed by atoms with E-state index in [4.69, 9.17) is 4.84 Å². The van der Waals surface area contributed by atoms with Crippen LogP contribution in [0.1, 0.15) is 37.7 Å². The first-order valence-corrected chi connectivity index (χ1v) is 10.8. The number of carboxylic acid groups (broad SMARTS) is 1. The van der Waals surface area contributed by atoms with E-state index in [1.165, 1.54) is 9.96 Å². The van der Waals surface area contributed by atoms with Gasteiger partial charge in [-0.25, -0.2) is 9.59 Å². The van der Waals surface area contributed by atoms with Crippen LogP contribution in [0, 0.1) is 0 Å². The number of hydrazine groups is 1. The molecule has 3 aliphatic heterocycles. The van der Waals surface area contributed by atoms with Crippen molar-refractivity contribution in [3.8, 4) is 0 Å². The van der Waals surface area contributed by atoms with Crippen molar-refractivity contribution in [2.75, 3.05) is 13.1 Å². The average molecular weight is 445 g/mol. The van der Waals surface area contributed by atoms with Crippen molar-refractivity contribution in [2.45, 2.75) is 56.8 Å². The maximum atomic E-state index is 12.8. The number of amides is 5. The number of nitrogens with one attached hydrogen (secondary N) is 2. The molecule has 3 aliphatic rings. The summed E-state index contributed by atoms with van der Waals surface area (Å²) in [5.74, 6) is -1.08. The van der Waals surface area contributed by atoms with Crippen LogP contribution in [-0.4, -0.2) is 75.1 Å². The largest absolute Gasteiger partial charge is 0.465 e. The molecule has 1 aromatic carbocycles. The molecule has 0 unspecified atom stereocenters. The van der Waals surface area contributed by atoms with Gasteiger partial charge in [0, 0.05) is 13.1 Å². The fraction of sp³-hybridized carbons (Fsp3) is 0.524. The summed E-state index contributed by atoms with van der Waals surface area (Å²) in [6.45, 7) is 0.910. The molecule has 32 heavy (non-hydrogen) atoms. The van der Waals surface area contributed by atoms with Gasteiger partial charge in [0.15, 0.2) is 0 Å². The fourth-order valence-corrected chi connectivity index (χ4v) is 4.51. The number of nitrogens with zero attached hydrogens (tertiary/aromatic N) is 3. The van der Waals surface area contributed by atoms with Crippen molar-refractivity contribution in [3.05, 3.63) is 35.9 Å². The van der Waals surface area contributed by atoms with Gasteiger partial charge < -0.3 is 10.0 Å². The number of piperidine rings is 2. The van der Waals surface area contributed by atoms with Crippen LogP contribution in [0.3, 0.4) is 0 Å². The van der Waals surface area contributed by atoms with Crippen molar-refractivity contribution in [2.24, 2.45) is 0 Å². The van der Waals surface area contributed by atoms with Gasteiger partial charge in [-0.1, -0.05) is 30.3 Å². The predicted octanol–water partition coefficient (Wildman–Crippen LogP) is 1.07. The third kappa shape index (κ3) is 4.47. The zero-order valence-electron chi connectivity index (χ0n) is 17.6. The zero-order valence-corrected chi connectivity index (χ0v) is 17.6. The van der Waals surface area contributed by atoms with Crippen LogP contribution in [-0.2, 0) is 21.0 Å². The molecule has 3 fully saturated rings. The number of hydroxylamine groups is 2. The summed E-state index contributed by atoms with van der Waals surface area (Å²) in [5, 5.41) is 10.6. The van der Waals surface area contributed by atoms with Crippen molar-refractivity contribution in [1.29, 1.82) is 0 Å². The van der Waals surface area contributed by atoms with E-state index in [0.717, 1.165) is 16.9 Å². The quantitative estimate of drug-likeness (QED) is 0.581. The number of rotatable bonds is 5. The lowest BCUT2D eigenvalue weighted by molar-refractivity contribution is -0.140. The van der Waals surface area contributed by atoms with Crippen LogP contribution in [0.2, 0.25) is 0 Å². The van der Waals surface area contributed by atoms with Gasteiger partial charge >= 0.3 is 12.1 Å². The van der Waals surface area contributed by atoms with Gasteiger partial charge in [-0.2, -0.15) is 5.06 Å². The Labute approximate surface area is 185 Å². The standard InChI is InChI=1S/C21H27N5O6/c27-18(16-8-4-5-11-24(16)21(30)31)22-23-19(28)17-10-9-15-12-25(17)20(29)26(15)32-13-14-6-2-1-3-7-14/h1-3,6-7,15-17H,4-5,8-13H2,(H,22,27)(H,23,28)(H,30,31)/t15-,16-,17+/m1/s1. The lowest BCUT2D eigenvalue weighted by atomic mass is 10.0. The van der Waals surface area contributed by atoms with E-state index >= 15 is 0 Å². The molecule has 0 radical (unpaired) electrons. The molecule has 0 saturated carbocycles. The summed E-state index contributed by atoms with van der Waals surface area (Å²) in [5.41, 5.74) is 5.65. The number of benzene rings is 1. The van der Waals surface area contributed by atoms with E-state index < -0.39 is 30.0 Å². The molecule has 0 aromatic heterocycles. The predicted molar refractivity (Wildman–Crippen MR) is 111 cm³/mol. The van der Waals surface area contributed by atoms with Gasteiger partial charge in [0.1, 0.15) is 18.7 Å². The highest BCUT2D eigenvalue weighted by atomic mass is 16.7. The molecule has 11 heteroatoms. The maximum absolute atomic E-state index is 12.8. The van der Waals surface area contributed by atoms with Crippen LogP contribution in [0.25, 0.3) is 0 Å². The van der Waals surface area contributed by atoms with E-state index in [2.05, 4.69) is 10.9 Å². The van der Waals surface area contributed by atoms with Crippen molar-refractivity contribution >= 4 is 23.9 Å². The van der Waals surface area contributed by atoms with Gasteiger partial charge in [-0.15, -0.1) is 0 Å². The minimum absolute atomic E-state index is 0.129. The van der Waals surface area contributed by atoms with Crippen molar-refractivity contribution < 1.29 is 29.1 Å². The Morgan fingerprint density at radius 2 is 1.72 bits per heavy atom. The normalized spacial score (nSPS) is 24.9. The summed E-state index contributed by atoms with van der Waals surface area (Å²) in [6.07, 6.45) is 1.71. The Balaban J connectivity index is 1.31. The number of fused-ring (bicyclic) bond motifs is 2. The minimum atomic E-state index is -1.16. The van der Waals surface area contributed by atoms with E-state index in [0.29, 0.717) is 32.2 Å². The summed E-state index contributed by atoms with van der Waals surface area (Å²) in [4.78, 5) is 57.6. The molecule has 3 heterocycles. The minimum Gasteiger partial charge on any atom is -0.465 e. The summed E-state index contributed by atoms with van der Waals surface area (Å²) < 4.78 is 0. The third-order valence-electron chi connectivity index (χ3n) is 6.20. The molecular formula is C21H27N5O6. The molecule has 5 amide bonds. The molecule has 172 valence electrons. The highest BCUT2D eigenvalue weighted by molar-refractivity contribution is 5.91. The van der Waals surface area contributed by atoms with Crippen LogP contribution in [0.5, 0.6) is 0 Å². The second kappa shape index (κ2) is 9.43. The van der Waals surface area contributed by atoms with Gasteiger partial charge in [0.05, 0.1) is 6.04 Å².